The highest BCUT2D eigenvalue weighted by Crippen LogP contribution is 2.16. The molecular weight excluding hydrogens is 188 g/mol. The van der Waals surface area contributed by atoms with Crippen LogP contribution in [-0.4, -0.2) is 25.0 Å². The van der Waals surface area contributed by atoms with Crippen molar-refractivity contribution in [2.45, 2.75) is 53.5 Å². The Kier molecular flexibility index (Phi) is 6.57. The second-order valence-electron chi connectivity index (χ2n) is 5.32. The summed E-state index contributed by atoms with van der Waals surface area (Å²) >= 11 is 0. The summed E-state index contributed by atoms with van der Waals surface area (Å²) in [6.45, 7) is 12.3. The highest BCUT2D eigenvalue weighted by molar-refractivity contribution is 5.76. The van der Waals surface area contributed by atoms with Gasteiger partial charge in [-0.3, -0.25) is 4.79 Å². The minimum Gasteiger partial charge on any atom is -0.356 e. The smallest absolute Gasteiger partial charge is 0.221 e. The number of carbonyl (C=O) groups is 1. The van der Waals surface area contributed by atoms with Crippen LogP contribution in [0.15, 0.2) is 0 Å². The van der Waals surface area contributed by atoms with Gasteiger partial charge in [0.1, 0.15) is 0 Å². The van der Waals surface area contributed by atoms with Crippen molar-refractivity contribution < 1.29 is 4.79 Å². The van der Waals surface area contributed by atoms with Crippen molar-refractivity contribution in [3.05, 3.63) is 0 Å². The van der Waals surface area contributed by atoms with Gasteiger partial charge in [-0.2, -0.15) is 0 Å². The maximum atomic E-state index is 11.5. The minimum atomic E-state index is 0.146. The highest BCUT2D eigenvalue weighted by Gasteiger charge is 2.11. The second kappa shape index (κ2) is 6.83. The third kappa shape index (κ3) is 9.73. The van der Waals surface area contributed by atoms with Gasteiger partial charge in [-0.25, -0.2) is 0 Å². The standard InChI is InChI=1S/C12H26N2O/c1-6-13-10(2)9-11(15)14-8-7-12(3,4)5/h10,13H,6-9H2,1-5H3,(H,14,15). The van der Waals surface area contributed by atoms with Crippen molar-refractivity contribution in [2.24, 2.45) is 5.41 Å². The first-order chi connectivity index (χ1) is 6.85. The summed E-state index contributed by atoms with van der Waals surface area (Å²) in [6, 6.07) is 0.268. The van der Waals surface area contributed by atoms with E-state index < -0.39 is 0 Å². The molecule has 0 saturated heterocycles. The summed E-state index contributed by atoms with van der Waals surface area (Å²) in [6.07, 6.45) is 1.59. The summed E-state index contributed by atoms with van der Waals surface area (Å²) in [7, 11) is 0. The van der Waals surface area contributed by atoms with Crippen LogP contribution >= 0.6 is 0 Å². The lowest BCUT2D eigenvalue weighted by Crippen LogP contribution is -2.34. The Bertz CT molecular complexity index is 185. The Hall–Kier alpha value is -0.570. The molecule has 3 nitrogen and oxygen atoms in total. The molecule has 0 aliphatic carbocycles. The third-order valence-electron chi connectivity index (χ3n) is 2.24. The predicted octanol–water partition coefficient (Wildman–Crippen LogP) is 1.93. The van der Waals surface area contributed by atoms with Gasteiger partial charge in [0.05, 0.1) is 0 Å². The van der Waals surface area contributed by atoms with Gasteiger partial charge >= 0.3 is 0 Å². The Balaban J connectivity index is 3.58. The highest BCUT2D eigenvalue weighted by atomic mass is 16.1. The summed E-state index contributed by atoms with van der Waals surface area (Å²) in [5.41, 5.74) is 0.292. The number of hydrogen-bond acceptors (Lipinski definition) is 2. The van der Waals surface area contributed by atoms with Crippen LogP contribution in [-0.2, 0) is 4.79 Å². The average molecular weight is 214 g/mol. The van der Waals surface area contributed by atoms with Crippen LogP contribution in [0.3, 0.4) is 0 Å². The lowest BCUT2D eigenvalue weighted by Gasteiger charge is -2.18. The third-order valence-corrected chi connectivity index (χ3v) is 2.24. The molecule has 0 saturated carbocycles. The van der Waals surface area contributed by atoms with Crippen molar-refractivity contribution in [3.63, 3.8) is 0 Å². The maximum absolute atomic E-state index is 11.5. The first kappa shape index (κ1) is 14.4. The van der Waals surface area contributed by atoms with Crippen LogP contribution in [0.2, 0.25) is 0 Å². The Labute approximate surface area is 94.0 Å². The van der Waals surface area contributed by atoms with E-state index in [2.05, 4.69) is 31.4 Å². The van der Waals surface area contributed by atoms with Gasteiger partial charge in [0.25, 0.3) is 0 Å². The van der Waals surface area contributed by atoms with E-state index >= 15 is 0 Å². The molecule has 1 amide bonds. The molecule has 0 heterocycles. The predicted molar refractivity (Wildman–Crippen MR) is 64.8 cm³/mol. The second-order valence-corrected chi connectivity index (χ2v) is 5.32. The van der Waals surface area contributed by atoms with Crippen LogP contribution in [0.4, 0.5) is 0 Å². The number of carbonyl (C=O) groups excluding carboxylic acids is 1. The monoisotopic (exact) mass is 214 g/mol. The molecule has 3 heteroatoms. The van der Waals surface area contributed by atoms with Crippen LogP contribution < -0.4 is 10.6 Å². The molecule has 0 aromatic carbocycles. The molecule has 0 bridgehead atoms. The van der Waals surface area contributed by atoms with Crippen LogP contribution in [0.1, 0.15) is 47.5 Å². The zero-order valence-corrected chi connectivity index (χ0v) is 10.8. The summed E-state index contributed by atoms with van der Waals surface area (Å²) < 4.78 is 0. The van der Waals surface area contributed by atoms with Gasteiger partial charge < -0.3 is 10.6 Å². The van der Waals surface area contributed by atoms with Gasteiger partial charge in [0.15, 0.2) is 0 Å². The molecule has 0 spiro atoms. The van der Waals surface area contributed by atoms with Gasteiger partial charge in [0.2, 0.25) is 5.91 Å². The molecule has 0 rings (SSSR count). The van der Waals surface area contributed by atoms with E-state index in [1.807, 2.05) is 13.8 Å². The number of nitrogens with one attached hydrogen (secondary N) is 2. The summed E-state index contributed by atoms with van der Waals surface area (Å²) in [5, 5.41) is 6.17. The Morgan fingerprint density at radius 2 is 1.93 bits per heavy atom. The minimum absolute atomic E-state index is 0.146. The normalized spacial score (nSPS) is 13.7. The van der Waals surface area contributed by atoms with Crippen LogP contribution in [0, 0.1) is 5.41 Å². The summed E-state index contributed by atoms with van der Waals surface area (Å²) in [4.78, 5) is 11.5. The van der Waals surface area contributed by atoms with E-state index in [1.54, 1.807) is 0 Å². The number of rotatable bonds is 6. The van der Waals surface area contributed by atoms with Gasteiger partial charge in [-0.05, 0) is 25.3 Å². The lowest BCUT2D eigenvalue weighted by atomic mass is 9.92. The molecule has 1 unspecified atom stereocenters. The first-order valence-corrected chi connectivity index (χ1v) is 5.85. The largest absolute Gasteiger partial charge is 0.356 e. The van der Waals surface area contributed by atoms with Gasteiger partial charge in [-0.15, -0.1) is 0 Å². The van der Waals surface area contributed by atoms with Gasteiger partial charge in [-0.1, -0.05) is 27.7 Å². The zero-order valence-electron chi connectivity index (χ0n) is 10.8. The fourth-order valence-electron chi connectivity index (χ4n) is 1.35. The molecule has 1 atom stereocenters. The molecule has 15 heavy (non-hydrogen) atoms. The molecule has 0 aromatic rings. The van der Waals surface area contributed by atoms with E-state index in [9.17, 15) is 4.79 Å². The van der Waals surface area contributed by atoms with Crippen molar-refractivity contribution in [1.82, 2.24) is 10.6 Å². The SMILES string of the molecule is CCNC(C)CC(=O)NCCC(C)(C)C. The van der Waals surface area contributed by atoms with E-state index in [1.165, 1.54) is 0 Å². The van der Waals surface area contributed by atoms with E-state index in [-0.39, 0.29) is 11.9 Å². The zero-order chi connectivity index (χ0) is 11.9. The molecule has 0 aliphatic heterocycles. The average Bonchev–Trinajstić information content (AvgIpc) is 2.01. The maximum Gasteiger partial charge on any atom is 0.221 e. The van der Waals surface area contributed by atoms with Crippen LogP contribution in [0.5, 0.6) is 0 Å². The molecule has 0 radical (unpaired) electrons. The summed E-state index contributed by atoms with van der Waals surface area (Å²) in [5.74, 6) is 0.146. The van der Waals surface area contributed by atoms with Crippen molar-refractivity contribution in [2.75, 3.05) is 13.1 Å². The van der Waals surface area contributed by atoms with Crippen molar-refractivity contribution in [1.29, 1.82) is 0 Å². The van der Waals surface area contributed by atoms with Crippen molar-refractivity contribution >= 4 is 5.91 Å². The van der Waals surface area contributed by atoms with Gasteiger partial charge in [0, 0.05) is 19.0 Å². The van der Waals surface area contributed by atoms with E-state index in [4.69, 9.17) is 0 Å². The van der Waals surface area contributed by atoms with E-state index in [0.29, 0.717) is 11.8 Å². The molecule has 0 aliphatic rings. The fourth-order valence-corrected chi connectivity index (χ4v) is 1.35. The first-order valence-electron chi connectivity index (χ1n) is 5.85. The molecule has 90 valence electrons. The molecule has 0 fully saturated rings. The topological polar surface area (TPSA) is 41.1 Å². The Morgan fingerprint density at radius 1 is 1.33 bits per heavy atom. The fraction of sp³-hybridized carbons (Fsp3) is 0.917. The van der Waals surface area contributed by atoms with Crippen molar-refractivity contribution in [3.8, 4) is 0 Å². The number of hydrogen-bond donors (Lipinski definition) is 2. The Morgan fingerprint density at radius 3 is 2.40 bits per heavy atom. The lowest BCUT2D eigenvalue weighted by molar-refractivity contribution is -0.121. The van der Waals surface area contributed by atoms with Crippen LogP contribution in [0.25, 0.3) is 0 Å². The quantitative estimate of drug-likeness (QED) is 0.709. The van der Waals surface area contributed by atoms with E-state index in [0.717, 1.165) is 19.5 Å². The number of amides is 1. The molecule has 0 aromatic heterocycles. The molecule has 2 N–H and O–H groups in total. The molecular formula is C12H26N2O.